The standard InChI is InChI=1S/C14H11ClN2O/c1-18-11-4-2-3-9(7-11)10-5-6-12-13(8-10)17-14(15)16-12/h2-8H,1H3,(H,16,17). The smallest absolute Gasteiger partial charge is 0.201 e. The second-order valence-electron chi connectivity index (χ2n) is 3.99. The Morgan fingerprint density at radius 1 is 1.11 bits per heavy atom. The normalized spacial score (nSPS) is 10.8. The molecule has 0 atom stereocenters. The predicted molar refractivity (Wildman–Crippen MR) is 73.1 cm³/mol. The van der Waals surface area contributed by atoms with Crippen molar-refractivity contribution in [2.75, 3.05) is 7.11 Å². The van der Waals surface area contributed by atoms with Gasteiger partial charge >= 0.3 is 0 Å². The van der Waals surface area contributed by atoms with Crippen LogP contribution >= 0.6 is 11.6 Å². The number of hydrogen-bond acceptors (Lipinski definition) is 2. The van der Waals surface area contributed by atoms with E-state index < -0.39 is 0 Å². The summed E-state index contributed by atoms with van der Waals surface area (Å²) in [5, 5.41) is 0.410. The number of ether oxygens (including phenoxy) is 1. The molecule has 1 heterocycles. The minimum absolute atomic E-state index is 0.410. The molecule has 0 bridgehead atoms. The van der Waals surface area contributed by atoms with Crippen LogP contribution in [0.1, 0.15) is 0 Å². The van der Waals surface area contributed by atoms with Crippen LogP contribution in [0.2, 0.25) is 5.28 Å². The van der Waals surface area contributed by atoms with E-state index in [1.165, 1.54) is 0 Å². The van der Waals surface area contributed by atoms with Crippen molar-refractivity contribution in [3.63, 3.8) is 0 Å². The molecule has 0 amide bonds. The van der Waals surface area contributed by atoms with Crippen LogP contribution < -0.4 is 4.74 Å². The van der Waals surface area contributed by atoms with Crippen molar-refractivity contribution in [1.29, 1.82) is 0 Å². The molecule has 0 radical (unpaired) electrons. The Morgan fingerprint density at radius 2 is 1.94 bits per heavy atom. The molecule has 90 valence electrons. The van der Waals surface area contributed by atoms with Gasteiger partial charge in [0.2, 0.25) is 5.28 Å². The van der Waals surface area contributed by atoms with E-state index in [9.17, 15) is 0 Å². The van der Waals surface area contributed by atoms with E-state index in [0.29, 0.717) is 5.28 Å². The van der Waals surface area contributed by atoms with Gasteiger partial charge < -0.3 is 9.72 Å². The molecule has 0 aliphatic heterocycles. The van der Waals surface area contributed by atoms with Gasteiger partial charge in [0.1, 0.15) is 5.75 Å². The molecule has 4 heteroatoms. The van der Waals surface area contributed by atoms with Gasteiger partial charge in [0.05, 0.1) is 18.1 Å². The molecule has 18 heavy (non-hydrogen) atoms. The number of aromatic amines is 1. The number of halogens is 1. The van der Waals surface area contributed by atoms with E-state index in [1.807, 2.05) is 42.5 Å². The Bertz CT molecular complexity index is 706. The average Bonchev–Trinajstić information content (AvgIpc) is 2.77. The first kappa shape index (κ1) is 11.1. The Hall–Kier alpha value is -2.00. The van der Waals surface area contributed by atoms with E-state index in [2.05, 4.69) is 9.97 Å². The lowest BCUT2D eigenvalue weighted by Gasteiger charge is -2.04. The van der Waals surface area contributed by atoms with Crippen molar-refractivity contribution in [3.05, 3.63) is 47.7 Å². The molecule has 3 aromatic rings. The van der Waals surface area contributed by atoms with Crippen LogP contribution in [0.5, 0.6) is 5.75 Å². The maximum absolute atomic E-state index is 5.84. The molecule has 0 aliphatic carbocycles. The number of rotatable bonds is 2. The predicted octanol–water partition coefficient (Wildman–Crippen LogP) is 3.89. The van der Waals surface area contributed by atoms with Crippen LogP contribution in [0.25, 0.3) is 22.2 Å². The van der Waals surface area contributed by atoms with Crippen LogP contribution in [0, 0.1) is 0 Å². The number of benzene rings is 2. The molecule has 1 N–H and O–H groups in total. The van der Waals surface area contributed by atoms with Crippen molar-refractivity contribution in [2.45, 2.75) is 0 Å². The molecule has 0 aliphatic rings. The third kappa shape index (κ3) is 1.93. The lowest BCUT2D eigenvalue weighted by molar-refractivity contribution is 0.415. The number of imidazole rings is 1. The topological polar surface area (TPSA) is 37.9 Å². The third-order valence-electron chi connectivity index (χ3n) is 2.86. The molecule has 0 saturated carbocycles. The Morgan fingerprint density at radius 3 is 2.78 bits per heavy atom. The van der Waals surface area contributed by atoms with E-state index in [0.717, 1.165) is 27.9 Å². The van der Waals surface area contributed by atoms with Crippen LogP contribution in [0.15, 0.2) is 42.5 Å². The highest BCUT2D eigenvalue weighted by molar-refractivity contribution is 6.29. The molecule has 3 nitrogen and oxygen atoms in total. The summed E-state index contributed by atoms with van der Waals surface area (Å²) in [6.07, 6.45) is 0. The monoisotopic (exact) mass is 258 g/mol. The Balaban J connectivity index is 2.12. The van der Waals surface area contributed by atoms with E-state index in [4.69, 9.17) is 16.3 Å². The second-order valence-corrected chi connectivity index (χ2v) is 4.35. The van der Waals surface area contributed by atoms with Crippen molar-refractivity contribution in [2.24, 2.45) is 0 Å². The first-order chi connectivity index (χ1) is 8.76. The number of fused-ring (bicyclic) bond motifs is 1. The molecule has 0 saturated heterocycles. The van der Waals surface area contributed by atoms with Crippen molar-refractivity contribution >= 4 is 22.6 Å². The molecule has 3 rings (SSSR count). The van der Waals surface area contributed by atoms with Gasteiger partial charge in [0, 0.05) is 0 Å². The van der Waals surface area contributed by atoms with Crippen LogP contribution in [0.4, 0.5) is 0 Å². The fourth-order valence-corrected chi connectivity index (χ4v) is 2.15. The largest absolute Gasteiger partial charge is 0.497 e. The van der Waals surface area contributed by atoms with Crippen molar-refractivity contribution in [3.8, 4) is 16.9 Å². The number of nitrogens with zero attached hydrogens (tertiary/aromatic N) is 1. The third-order valence-corrected chi connectivity index (χ3v) is 3.04. The number of H-pyrrole nitrogens is 1. The van der Waals surface area contributed by atoms with Gasteiger partial charge in [-0.15, -0.1) is 0 Å². The van der Waals surface area contributed by atoms with Crippen molar-refractivity contribution in [1.82, 2.24) is 9.97 Å². The minimum Gasteiger partial charge on any atom is -0.497 e. The zero-order valence-electron chi connectivity index (χ0n) is 9.77. The summed E-state index contributed by atoms with van der Waals surface area (Å²) in [5.41, 5.74) is 3.98. The molecular formula is C14H11ClN2O. The summed E-state index contributed by atoms with van der Waals surface area (Å²) in [6.45, 7) is 0. The number of hydrogen-bond donors (Lipinski definition) is 1. The zero-order chi connectivity index (χ0) is 12.5. The number of aromatic nitrogens is 2. The molecule has 0 spiro atoms. The van der Waals surface area contributed by atoms with Crippen LogP contribution in [-0.4, -0.2) is 17.1 Å². The van der Waals surface area contributed by atoms with E-state index in [1.54, 1.807) is 7.11 Å². The van der Waals surface area contributed by atoms with Gasteiger partial charge in [-0.1, -0.05) is 18.2 Å². The molecule has 2 aromatic carbocycles. The highest BCUT2D eigenvalue weighted by Crippen LogP contribution is 2.26. The lowest BCUT2D eigenvalue weighted by atomic mass is 10.1. The fraction of sp³-hybridized carbons (Fsp3) is 0.0714. The van der Waals surface area contributed by atoms with Gasteiger partial charge in [-0.05, 0) is 47.0 Å². The van der Waals surface area contributed by atoms with Gasteiger partial charge in [-0.25, -0.2) is 4.98 Å². The van der Waals surface area contributed by atoms with Crippen molar-refractivity contribution < 1.29 is 4.74 Å². The average molecular weight is 259 g/mol. The first-order valence-corrected chi connectivity index (χ1v) is 5.94. The fourth-order valence-electron chi connectivity index (χ4n) is 1.96. The van der Waals surface area contributed by atoms with Crippen LogP contribution in [0.3, 0.4) is 0 Å². The van der Waals surface area contributed by atoms with E-state index >= 15 is 0 Å². The van der Waals surface area contributed by atoms with Gasteiger partial charge in [-0.2, -0.15) is 0 Å². The van der Waals surface area contributed by atoms with Gasteiger partial charge in [-0.3, -0.25) is 0 Å². The molecular weight excluding hydrogens is 248 g/mol. The number of nitrogens with one attached hydrogen (secondary N) is 1. The maximum Gasteiger partial charge on any atom is 0.201 e. The Labute approximate surface area is 109 Å². The quantitative estimate of drug-likeness (QED) is 0.757. The van der Waals surface area contributed by atoms with Gasteiger partial charge in [0.25, 0.3) is 0 Å². The number of methoxy groups -OCH3 is 1. The summed E-state index contributed by atoms with van der Waals surface area (Å²) in [6, 6.07) is 13.9. The highest BCUT2D eigenvalue weighted by Gasteiger charge is 2.04. The van der Waals surface area contributed by atoms with E-state index in [-0.39, 0.29) is 0 Å². The SMILES string of the molecule is COc1cccc(-c2ccc3[nH]c(Cl)nc3c2)c1. The summed E-state index contributed by atoms with van der Waals surface area (Å²) < 4.78 is 5.23. The molecule has 0 fully saturated rings. The van der Waals surface area contributed by atoms with Gasteiger partial charge in [0.15, 0.2) is 0 Å². The Kier molecular flexibility index (Phi) is 2.68. The summed E-state index contributed by atoms with van der Waals surface area (Å²) in [5.74, 6) is 0.840. The first-order valence-electron chi connectivity index (χ1n) is 5.56. The summed E-state index contributed by atoms with van der Waals surface area (Å²) in [4.78, 5) is 7.21. The summed E-state index contributed by atoms with van der Waals surface area (Å²) in [7, 11) is 1.66. The minimum atomic E-state index is 0.410. The summed E-state index contributed by atoms with van der Waals surface area (Å²) >= 11 is 5.84. The molecule has 1 aromatic heterocycles. The van der Waals surface area contributed by atoms with Crippen LogP contribution in [-0.2, 0) is 0 Å². The second kappa shape index (κ2) is 4.35. The zero-order valence-corrected chi connectivity index (χ0v) is 10.5. The highest BCUT2D eigenvalue weighted by atomic mass is 35.5. The maximum atomic E-state index is 5.84. The molecule has 0 unspecified atom stereocenters. The lowest BCUT2D eigenvalue weighted by Crippen LogP contribution is -1.83.